The summed E-state index contributed by atoms with van der Waals surface area (Å²) < 4.78 is 5.57. The standard InChI is InChI=1S/C11H9Cl2N3O/c1-6-3-4-7(2)8(5-6)17-10-9(12)15-16-11(13)14-10/h3-5H,1-2H3. The second kappa shape index (κ2) is 4.85. The van der Waals surface area contributed by atoms with Gasteiger partial charge in [0.05, 0.1) is 0 Å². The van der Waals surface area contributed by atoms with Gasteiger partial charge in [-0.05, 0) is 42.6 Å². The summed E-state index contributed by atoms with van der Waals surface area (Å²) in [6, 6.07) is 5.84. The van der Waals surface area contributed by atoms with Crippen LogP contribution in [0.5, 0.6) is 11.6 Å². The molecule has 88 valence electrons. The first-order chi connectivity index (χ1) is 8.06. The van der Waals surface area contributed by atoms with E-state index in [-0.39, 0.29) is 16.3 Å². The van der Waals surface area contributed by atoms with Crippen molar-refractivity contribution >= 4 is 23.2 Å². The topological polar surface area (TPSA) is 47.9 Å². The molecule has 0 bridgehead atoms. The highest BCUT2D eigenvalue weighted by atomic mass is 35.5. The number of halogens is 2. The molecule has 2 aromatic rings. The van der Waals surface area contributed by atoms with Crippen molar-refractivity contribution in [2.45, 2.75) is 13.8 Å². The molecule has 6 heteroatoms. The van der Waals surface area contributed by atoms with Crippen molar-refractivity contribution < 1.29 is 4.74 Å². The number of benzene rings is 1. The highest BCUT2D eigenvalue weighted by Gasteiger charge is 2.10. The molecular weight excluding hydrogens is 261 g/mol. The van der Waals surface area contributed by atoms with Crippen molar-refractivity contribution in [3.05, 3.63) is 39.8 Å². The Morgan fingerprint density at radius 1 is 1.12 bits per heavy atom. The number of hydrogen-bond acceptors (Lipinski definition) is 4. The van der Waals surface area contributed by atoms with Crippen LogP contribution in [0.4, 0.5) is 0 Å². The molecule has 0 unspecified atom stereocenters. The third-order valence-corrected chi connectivity index (χ3v) is 2.54. The lowest BCUT2D eigenvalue weighted by molar-refractivity contribution is 0.454. The molecule has 4 nitrogen and oxygen atoms in total. The first-order valence-electron chi connectivity index (χ1n) is 4.87. The van der Waals surface area contributed by atoms with E-state index in [2.05, 4.69) is 15.2 Å². The summed E-state index contributed by atoms with van der Waals surface area (Å²) >= 11 is 11.4. The number of aryl methyl sites for hydroxylation is 2. The molecule has 0 atom stereocenters. The zero-order chi connectivity index (χ0) is 12.4. The average Bonchev–Trinajstić information content (AvgIpc) is 2.28. The Bertz CT molecular complexity index is 511. The lowest BCUT2D eigenvalue weighted by Crippen LogP contribution is -1.96. The average molecular weight is 270 g/mol. The van der Waals surface area contributed by atoms with Crippen LogP contribution < -0.4 is 4.74 Å². The highest BCUT2D eigenvalue weighted by molar-refractivity contribution is 6.31. The van der Waals surface area contributed by atoms with Crippen LogP contribution in [-0.2, 0) is 0 Å². The summed E-state index contributed by atoms with van der Waals surface area (Å²) in [6.07, 6.45) is 0. The van der Waals surface area contributed by atoms with Crippen LogP contribution in [-0.4, -0.2) is 15.2 Å². The monoisotopic (exact) mass is 269 g/mol. The molecule has 0 aliphatic heterocycles. The molecule has 0 saturated heterocycles. The summed E-state index contributed by atoms with van der Waals surface area (Å²) in [5.74, 6) is 0.823. The normalized spacial score (nSPS) is 10.4. The van der Waals surface area contributed by atoms with Gasteiger partial charge in [0.2, 0.25) is 10.4 Å². The summed E-state index contributed by atoms with van der Waals surface area (Å²) in [7, 11) is 0. The maximum absolute atomic E-state index is 5.82. The van der Waals surface area contributed by atoms with Crippen molar-refractivity contribution in [3.63, 3.8) is 0 Å². The molecule has 2 rings (SSSR count). The van der Waals surface area contributed by atoms with Crippen molar-refractivity contribution in [2.24, 2.45) is 0 Å². The predicted octanol–water partition coefficient (Wildman–Crippen LogP) is 3.59. The summed E-state index contributed by atoms with van der Waals surface area (Å²) in [5.41, 5.74) is 2.05. The predicted molar refractivity (Wildman–Crippen MR) is 65.8 cm³/mol. The Morgan fingerprint density at radius 3 is 2.65 bits per heavy atom. The van der Waals surface area contributed by atoms with Crippen LogP contribution in [0.2, 0.25) is 10.4 Å². The molecule has 0 aliphatic carbocycles. The van der Waals surface area contributed by atoms with E-state index in [1.165, 1.54) is 0 Å². The van der Waals surface area contributed by atoms with Gasteiger partial charge >= 0.3 is 0 Å². The van der Waals surface area contributed by atoms with Gasteiger partial charge in [-0.15, -0.1) is 10.2 Å². The van der Waals surface area contributed by atoms with Gasteiger partial charge in [0.1, 0.15) is 5.75 Å². The largest absolute Gasteiger partial charge is 0.436 e. The number of rotatable bonds is 2. The van der Waals surface area contributed by atoms with Crippen LogP contribution in [0.3, 0.4) is 0 Å². The van der Waals surface area contributed by atoms with Crippen molar-refractivity contribution in [2.75, 3.05) is 0 Å². The number of ether oxygens (including phenoxy) is 1. The molecule has 0 N–H and O–H groups in total. The van der Waals surface area contributed by atoms with E-state index in [9.17, 15) is 0 Å². The van der Waals surface area contributed by atoms with E-state index < -0.39 is 0 Å². The molecular formula is C11H9Cl2N3O. The molecule has 0 amide bonds. The van der Waals surface area contributed by atoms with Crippen molar-refractivity contribution in [1.82, 2.24) is 15.2 Å². The van der Waals surface area contributed by atoms with Crippen molar-refractivity contribution in [3.8, 4) is 11.6 Å². The Balaban J connectivity index is 2.37. The fourth-order valence-electron chi connectivity index (χ4n) is 1.27. The van der Waals surface area contributed by atoms with Crippen LogP contribution >= 0.6 is 23.2 Å². The van der Waals surface area contributed by atoms with E-state index >= 15 is 0 Å². The molecule has 1 aromatic heterocycles. The quantitative estimate of drug-likeness (QED) is 0.836. The number of hydrogen-bond donors (Lipinski definition) is 0. The van der Waals surface area contributed by atoms with E-state index in [1.54, 1.807) is 0 Å². The molecule has 0 aliphatic rings. The minimum absolute atomic E-state index is 0.00490. The third kappa shape index (κ3) is 2.84. The molecule has 17 heavy (non-hydrogen) atoms. The molecule has 1 heterocycles. The van der Waals surface area contributed by atoms with Gasteiger partial charge in [0.15, 0.2) is 0 Å². The summed E-state index contributed by atoms with van der Waals surface area (Å²) in [5, 5.41) is 7.21. The van der Waals surface area contributed by atoms with Crippen LogP contribution in [0.15, 0.2) is 18.2 Å². The highest BCUT2D eigenvalue weighted by Crippen LogP contribution is 2.28. The van der Waals surface area contributed by atoms with Gasteiger partial charge in [-0.1, -0.05) is 23.7 Å². The van der Waals surface area contributed by atoms with E-state index in [0.717, 1.165) is 11.1 Å². The number of nitrogens with zero attached hydrogens (tertiary/aromatic N) is 3. The fraction of sp³-hybridized carbons (Fsp3) is 0.182. The van der Waals surface area contributed by atoms with Gasteiger partial charge in [-0.3, -0.25) is 0 Å². The summed E-state index contributed by atoms with van der Waals surface area (Å²) in [4.78, 5) is 3.88. The lowest BCUT2D eigenvalue weighted by Gasteiger charge is -2.08. The molecule has 0 radical (unpaired) electrons. The third-order valence-electron chi connectivity index (χ3n) is 2.14. The smallest absolute Gasteiger partial charge is 0.262 e. The maximum atomic E-state index is 5.82. The second-order valence-electron chi connectivity index (χ2n) is 3.55. The van der Waals surface area contributed by atoms with Gasteiger partial charge in [0.25, 0.3) is 5.88 Å². The minimum atomic E-state index is -0.00490. The van der Waals surface area contributed by atoms with Gasteiger partial charge in [-0.2, -0.15) is 4.98 Å². The first kappa shape index (κ1) is 12.1. The Hall–Kier alpha value is -1.39. The van der Waals surface area contributed by atoms with Gasteiger partial charge in [0, 0.05) is 0 Å². The molecule has 0 spiro atoms. The van der Waals surface area contributed by atoms with Gasteiger partial charge < -0.3 is 4.74 Å². The van der Waals surface area contributed by atoms with Crippen LogP contribution in [0.25, 0.3) is 0 Å². The van der Waals surface area contributed by atoms with E-state index in [4.69, 9.17) is 27.9 Å². The van der Waals surface area contributed by atoms with E-state index in [0.29, 0.717) is 5.75 Å². The molecule has 1 aromatic carbocycles. The lowest BCUT2D eigenvalue weighted by atomic mass is 10.1. The zero-order valence-corrected chi connectivity index (χ0v) is 10.7. The first-order valence-corrected chi connectivity index (χ1v) is 5.62. The SMILES string of the molecule is Cc1ccc(C)c(Oc2nc(Cl)nnc2Cl)c1. The molecule has 0 fully saturated rings. The Kier molecular flexibility index (Phi) is 3.45. The fourth-order valence-corrected chi connectivity index (χ4v) is 1.50. The molecule has 0 saturated carbocycles. The van der Waals surface area contributed by atoms with Crippen LogP contribution in [0.1, 0.15) is 11.1 Å². The van der Waals surface area contributed by atoms with Crippen molar-refractivity contribution in [1.29, 1.82) is 0 Å². The summed E-state index contributed by atoms with van der Waals surface area (Å²) in [6.45, 7) is 3.90. The van der Waals surface area contributed by atoms with E-state index in [1.807, 2.05) is 32.0 Å². The minimum Gasteiger partial charge on any atom is -0.436 e. The second-order valence-corrected chi connectivity index (χ2v) is 4.24. The Labute approximate surface area is 109 Å². The van der Waals surface area contributed by atoms with Gasteiger partial charge in [-0.25, -0.2) is 0 Å². The maximum Gasteiger partial charge on any atom is 0.262 e. The Morgan fingerprint density at radius 2 is 1.88 bits per heavy atom. The van der Waals surface area contributed by atoms with Crippen LogP contribution in [0, 0.1) is 13.8 Å². The zero-order valence-electron chi connectivity index (χ0n) is 9.24. The number of aromatic nitrogens is 3.